The number of nitrogens with zero attached hydrogens (tertiary/aromatic N) is 2. The summed E-state index contributed by atoms with van der Waals surface area (Å²) in [6, 6.07) is 98.0. The zero-order valence-electron chi connectivity index (χ0n) is 36.8. The summed E-state index contributed by atoms with van der Waals surface area (Å²) in [5, 5.41) is 4.92. The van der Waals surface area contributed by atoms with Crippen LogP contribution in [0.5, 0.6) is 0 Å². The number of hydrogen-bond donors (Lipinski definition) is 0. The summed E-state index contributed by atoms with van der Waals surface area (Å²) < 4.78 is 2.54. The molecule has 12 aromatic rings. The molecule has 0 unspecified atom stereocenters. The Balaban J connectivity index is 1.05. The van der Waals surface area contributed by atoms with Crippen LogP contribution in [-0.4, -0.2) is 4.57 Å². The van der Waals surface area contributed by atoms with Crippen molar-refractivity contribution in [3.8, 4) is 39.1 Å². The van der Waals surface area contributed by atoms with Crippen LogP contribution in [0.15, 0.2) is 267 Å². The maximum absolute atomic E-state index is 2.54. The second-order valence-electron chi connectivity index (χ2n) is 17.6. The molecule has 314 valence electrons. The third kappa shape index (κ3) is 6.04. The molecular formula is C65H44N2. The van der Waals surface area contributed by atoms with E-state index in [4.69, 9.17) is 0 Å². The largest absolute Gasteiger partial charge is 0.310 e. The van der Waals surface area contributed by atoms with Gasteiger partial charge in [0.25, 0.3) is 0 Å². The van der Waals surface area contributed by atoms with Gasteiger partial charge < -0.3 is 9.47 Å². The highest BCUT2D eigenvalue weighted by molar-refractivity contribution is 6.19. The lowest BCUT2D eigenvalue weighted by Gasteiger charge is -2.33. The van der Waals surface area contributed by atoms with Crippen LogP contribution in [-0.2, 0) is 5.41 Å². The molecule has 0 fully saturated rings. The molecule has 0 bridgehead atoms. The van der Waals surface area contributed by atoms with E-state index in [1.807, 2.05) is 0 Å². The molecule has 0 amide bonds. The molecule has 67 heavy (non-hydrogen) atoms. The Morgan fingerprint density at radius 3 is 1.57 bits per heavy atom. The minimum absolute atomic E-state index is 0.468. The molecule has 1 aliphatic rings. The van der Waals surface area contributed by atoms with Crippen molar-refractivity contribution < 1.29 is 0 Å². The van der Waals surface area contributed by atoms with E-state index in [0.717, 1.165) is 33.9 Å². The van der Waals surface area contributed by atoms with Crippen molar-refractivity contribution in [1.29, 1.82) is 0 Å². The zero-order chi connectivity index (χ0) is 44.3. The van der Waals surface area contributed by atoms with E-state index < -0.39 is 5.41 Å². The highest BCUT2D eigenvalue weighted by Crippen LogP contribution is 2.57. The molecule has 0 atom stereocenters. The Kier molecular flexibility index (Phi) is 9.11. The molecule has 0 spiro atoms. The number of fused-ring (bicyclic) bond motifs is 8. The Morgan fingerprint density at radius 1 is 0.328 bits per heavy atom. The molecule has 0 saturated heterocycles. The van der Waals surface area contributed by atoms with Crippen LogP contribution in [0.25, 0.3) is 71.6 Å². The van der Waals surface area contributed by atoms with Crippen molar-refractivity contribution in [2.45, 2.75) is 5.41 Å². The minimum Gasteiger partial charge on any atom is -0.310 e. The van der Waals surface area contributed by atoms with Gasteiger partial charge in [0, 0.05) is 38.8 Å². The summed E-state index contributed by atoms with van der Waals surface area (Å²) >= 11 is 0. The molecule has 0 aliphatic heterocycles. The van der Waals surface area contributed by atoms with Crippen LogP contribution in [0.1, 0.15) is 22.3 Å². The van der Waals surface area contributed by atoms with Gasteiger partial charge >= 0.3 is 0 Å². The van der Waals surface area contributed by atoms with E-state index in [1.54, 1.807) is 0 Å². The number of para-hydroxylation sites is 3. The predicted octanol–water partition coefficient (Wildman–Crippen LogP) is 17.1. The van der Waals surface area contributed by atoms with Crippen molar-refractivity contribution >= 4 is 49.6 Å². The molecular weight excluding hydrogens is 809 g/mol. The number of hydrogen-bond acceptors (Lipinski definition) is 1. The molecule has 0 radical (unpaired) electrons. The van der Waals surface area contributed by atoms with Crippen LogP contribution < -0.4 is 4.90 Å². The highest BCUT2D eigenvalue weighted by Gasteiger charge is 2.46. The van der Waals surface area contributed by atoms with Gasteiger partial charge in [0.05, 0.1) is 22.1 Å². The fourth-order valence-corrected chi connectivity index (χ4v) is 11.2. The Labute approximate surface area is 390 Å². The van der Waals surface area contributed by atoms with Crippen LogP contribution in [0.3, 0.4) is 0 Å². The maximum Gasteiger partial charge on any atom is 0.0713 e. The fraction of sp³-hybridized carbons (Fsp3) is 0.0154. The smallest absolute Gasteiger partial charge is 0.0713 e. The number of benzene rings is 11. The first-order chi connectivity index (χ1) is 33.3. The Hall–Kier alpha value is -8.72. The minimum atomic E-state index is -0.468. The molecule has 13 rings (SSSR count). The zero-order valence-corrected chi connectivity index (χ0v) is 36.8. The third-order valence-electron chi connectivity index (χ3n) is 14.1. The van der Waals surface area contributed by atoms with Gasteiger partial charge in [0.2, 0.25) is 0 Å². The van der Waals surface area contributed by atoms with Crippen molar-refractivity contribution in [3.05, 3.63) is 289 Å². The summed E-state index contributed by atoms with van der Waals surface area (Å²) in [5.74, 6) is 0. The lowest BCUT2D eigenvalue weighted by Crippen LogP contribution is -2.28. The van der Waals surface area contributed by atoms with E-state index >= 15 is 0 Å². The van der Waals surface area contributed by atoms with Gasteiger partial charge in [-0.25, -0.2) is 0 Å². The van der Waals surface area contributed by atoms with Crippen LogP contribution in [0.2, 0.25) is 0 Å². The van der Waals surface area contributed by atoms with Crippen molar-refractivity contribution in [1.82, 2.24) is 4.57 Å². The molecule has 2 heteroatoms. The number of rotatable bonds is 8. The van der Waals surface area contributed by atoms with Crippen LogP contribution in [0, 0.1) is 0 Å². The monoisotopic (exact) mass is 852 g/mol. The molecule has 1 aliphatic carbocycles. The average molecular weight is 853 g/mol. The number of anilines is 3. The standard InChI is InChI=1S/C65H44N2/c1-5-22-47(23-6-1)65(48-24-7-2-8-25-48)60-35-19-17-33-55(60)59-44-51(39-42-61(59)65)67-63-43-46(38-40-57(63)58-41-37-45-21-13-14-31-53(45)64(58)67)52-30-15-16-32-54(52)56-34-18-20-36-62(56)66(49-26-9-3-10-27-49)50-28-11-4-12-29-50/h1-44H. The van der Waals surface area contributed by atoms with Gasteiger partial charge in [-0.15, -0.1) is 0 Å². The van der Waals surface area contributed by atoms with Gasteiger partial charge in [0.15, 0.2) is 0 Å². The van der Waals surface area contributed by atoms with Gasteiger partial charge in [-0.2, -0.15) is 0 Å². The topological polar surface area (TPSA) is 8.17 Å². The first-order valence-electron chi connectivity index (χ1n) is 23.2. The van der Waals surface area contributed by atoms with E-state index in [2.05, 4.69) is 276 Å². The second-order valence-corrected chi connectivity index (χ2v) is 17.6. The normalized spacial score (nSPS) is 12.6. The average Bonchev–Trinajstić information content (AvgIpc) is 3.90. The van der Waals surface area contributed by atoms with Gasteiger partial charge in [-0.3, -0.25) is 0 Å². The van der Waals surface area contributed by atoms with Crippen LogP contribution in [0.4, 0.5) is 17.1 Å². The van der Waals surface area contributed by atoms with E-state index in [9.17, 15) is 0 Å². The second kappa shape index (κ2) is 15.8. The molecule has 1 heterocycles. The summed E-state index contributed by atoms with van der Waals surface area (Å²) in [6.45, 7) is 0. The SMILES string of the molecule is c1ccc(N(c2ccccc2)c2ccccc2-c2ccccc2-c2ccc3c4ccc5ccccc5c4n(-c4ccc5c(c4)-c4ccccc4C5(c4ccccc4)c4ccccc4)c3c2)cc1. The summed E-state index contributed by atoms with van der Waals surface area (Å²) in [6.07, 6.45) is 0. The van der Waals surface area contributed by atoms with E-state index in [1.165, 1.54) is 77.1 Å². The van der Waals surface area contributed by atoms with Crippen molar-refractivity contribution in [3.63, 3.8) is 0 Å². The maximum atomic E-state index is 2.54. The highest BCUT2D eigenvalue weighted by atomic mass is 15.1. The van der Waals surface area contributed by atoms with Gasteiger partial charge in [0.1, 0.15) is 0 Å². The lowest BCUT2D eigenvalue weighted by molar-refractivity contribution is 0.768. The molecule has 1 aromatic heterocycles. The first kappa shape index (κ1) is 38.7. The molecule has 11 aromatic carbocycles. The van der Waals surface area contributed by atoms with Crippen LogP contribution >= 0.6 is 0 Å². The molecule has 0 saturated carbocycles. The Morgan fingerprint density at radius 2 is 0.866 bits per heavy atom. The van der Waals surface area contributed by atoms with E-state index in [-0.39, 0.29) is 0 Å². The van der Waals surface area contributed by atoms with Crippen molar-refractivity contribution in [2.24, 2.45) is 0 Å². The summed E-state index contributed by atoms with van der Waals surface area (Å²) in [5.41, 5.74) is 18.8. The fourth-order valence-electron chi connectivity index (χ4n) is 11.2. The lowest BCUT2D eigenvalue weighted by atomic mass is 9.68. The number of aromatic nitrogens is 1. The van der Waals surface area contributed by atoms with E-state index in [0.29, 0.717) is 0 Å². The Bertz CT molecular complexity index is 3720. The van der Waals surface area contributed by atoms with Gasteiger partial charge in [-0.1, -0.05) is 218 Å². The quantitative estimate of drug-likeness (QED) is 0.148. The third-order valence-corrected chi connectivity index (χ3v) is 14.1. The first-order valence-corrected chi connectivity index (χ1v) is 23.2. The van der Waals surface area contributed by atoms with Crippen molar-refractivity contribution in [2.75, 3.05) is 4.90 Å². The summed E-state index contributed by atoms with van der Waals surface area (Å²) in [4.78, 5) is 2.37. The summed E-state index contributed by atoms with van der Waals surface area (Å²) in [7, 11) is 0. The molecule has 2 nitrogen and oxygen atoms in total. The predicted molar refractivity (Wildman–Crippen MR) is 281 cm³/mol. The van der Waals surface area contributed by atoms with Gasteiger partial charge in [-0.05, 0) is 104 Å². The molecule has 0 N–H and O–H groups in total.